The molecule has 0 aliphatic rings. The van der Waals surface area contributed by atoms with Gasteiger partial charge in [-0.3, -0.25) is 15.1 Å². The van der Waals surface area contributed by atoms with Crippen molar-refractivity contribution in [1.82, 2.24) is 10.3 Å². The number of ether oxygens (including phenoxy) is 1. The number of benzene rings is 1. The van der Waals surface area contributed by atoms with Gasteiger partial charge in [0, 0.05) is 25.3 Å². The Morgan fingerprint density at radius 1 is 1.39 bits per heavy atom. The highest BCUT2D eigenvalue weighted by Gasteiger charge is 2.04. The van der Waals surface area contributed by atoms with Crippen LogP contribution in [0.5, 0.6) is 0 Å². The molecular weight excluding hydrogens is 230 g/mol. The molecule has 100 valence electrons. The van der Waals surface area contributed by atoms with E-state index in [4.69, 9.17) is 10.6 Å². The van der Waals surface area contributed by atoms with E-state index in [0.717, 1.165) is 31.9 Å². The molecule has 1 aromatic carbocycles. The largest absolute Gasteiger partial charge is 0.380 e. The normalized spacial score (nSPS) is 10.7. The number of carbonyl (C=O) groups excluding carboxylic acids is 1. The summed E-state index contributed by atoms with van der Waals surface area (Å²) in [6.07, 6.45) is 0. The van der Waals surface area contributed by atoms with Crippen molar-refractivity contribution in [3.63, 3.8) is 0 Å². The zero-order valence-electron chi connectivity index (χ0n) is 11.0. The van der Waals surface area contributed by atoms with Gasteiger partial charge in [-0.15, -0.1) is 0 Å². The number of hydrazine groups is 1. The Balaban J connectivity index is 2.45. The summed E-state index contributed by atoms with van der Waals surface area (Å²) in [5, 5.41) is 0. The molecule has 0 aliphatic heterocycles. The van der Waals surface area contributed by atoms with Gasteiger partial charge in [0.15, 0.2) is 0 Å². The standard InChI is InChI=1S/C13H21N3O2/c1-3-18-9-8-16(2)10-11-4-6-12(7-5-11)13(17)15-14/h4-7H,3,8-10,14H2,1-2H3,(H,15,17). The zero-order valence-corrected chi connectivity index (χ0v) is 11.0. The Hall–Kier alpha value is -1.43. The van der Waals surface area contributed by atoms with Crippen LogP contribution in [0.1, 0.15) is 22.8 Å². The van der Waals surface area contributed by atoms with E-state index in [0.29, 0.717) is 5.56 Å². The van der Waals surface area contributed by atoms with Gasteiger partial charge in [-0.1, -0.05) is 12.1 Å². The van der Waals surface area contributed by atoms with Crippen molar-refractivity contribution in [3.05, 3.63) is 35.4 Å². The molecule has 0 spiro atoms. The van der Waals surface area contributed by atoms with Gasteiger partial charge in [0.1, 0.15) is 0 Å². The zero-order chi connectivity index (χ0) is 13.4. The second kappa shape index (κ2) is 7.81. The smallest absolute Gasteiger partial charge is 0.265 e. The van der Waals surface area contributed by atoms with Crippen molar-refractivity contribution in [3.8, 4) is 0 Å². The Kier molecular flexibility index (Phi) is 6.35. The molecule has 1 aromatic rings. The van der Waals surface area contributed by atoms with Gasteiger partial charge in [-0.2, -0.15) is 0 Å². The molecule has 3 N–H and O–H groups in total. The van der Waals surface area contributed by atoms with Crippen LogP contribution in [0.15, 0.2) is 24.3 Å². The number of rotatable bonds is 7. The van der Waals surface area contributed by atoms with Gasteiger partial charge >= 0.3 is 0 Å². The number of nitrogens with zero attached hydrogens (tertiary/aromatic N) is 1. The van der Waals surface area contributed by atoms with Gasteiger partial charge in [-0.05, 0) is 31.7 Å². The van der Waals surface area contributed by atoms with Gasteiger partial charge in [-0.25, -0.2) is 5.84 Å². The molecular formula is C13H21N3O2. The van der Waals surface area contributed by atoms with Gasteiger partial charge < -0.3 is 4.74 Å². The summed E-state index contributed by atoms with van der Waals surface area (Å²) in [7, 11) is 2.04. The van der Waals surface area contributed by atoms with Gasteiger partial charge in [0.25, 0.3) is 5.91 Å². The molecule has 0 heterocycles. The number of likely N-dealkylation sites (N-methyl/N-ethyl adjacent to an activating group) is 1. The Morgan fingerprint density at radius 2 is 2.06 bits per heavy atom. The fourth-order valence-corrected chi connectivity index (χ4v) is 1.60. The predicted octanol–water partition coefficient (Wildman–Crippen LogP) is 0.758. The number of nitrogens with one attached hydrogen (secondary N) is 1. The quantitative estimate of drug-likeness (QED) is 0.325. The van der Waals surface area contributed by atoms with Crippen LogP contribution in [0.4, 0.5) is 0 Å². The average molecular weight is 251 g/mol. The summed E-state index contributed by atoms with van der Waals surface area (Å²) in [4.78, 5) is 13.4. The Bertz CT molecular complexity index is 365. The van der Waals surface area contributed by atoms with Crippen molar-refractivity contribution >= 4 is 5.91 Å². The first kappa shape index (κ1) is 14.6. The molecule has 5 heteroatoms. The lowest BCUT2D eigenvalue weighted by Crippen LogP contribution is -2.30. The van der Waals surface area contributed by atoms with Crippen LogP contribution in [-0.4, -0.2) is 37.6 Å². The number of hydrogen-bond donors (Lipinski definition) is 2. The van der Waals surface area contributed by atoms with Gasteiger partial charge in [0.05, 0.1) is 6.61 Å². The number of nitrogens with two attached hydrogens (primary N) is 1. The summed E-state index contributed by atoms with van der Waals surface area (Å²) in [5.41, 5.74) is 3.83. The maximum Gasteiger partial charge on any atom is 0.265 e. The molecule has 0 unspecified atom stereocenters. The summed E-state index contributed by atoms with van der Waals surface area (Å²) in [6.45, 7) is 5.19. The van der Waals surface area contributed by atoms with Crippen LogP contribution in [0.25, 0.3) is 0 Å². The minimum atomic E-state index is -0.272. The molecule has 0 aliphatic carbocycles. The molecule has 0 bridgehead atoms. The summed E-state index contributed by atoms with van der Waals surface area (Å²) in [6, 6.07) is 7.41. The molecule has 5 nitrogen and oxygen atoms in total. The van der Waals surface area contributed by atoms with Crippen LogP contribution in [0.2, 0.25) is 0 Å². The van der Waals surface area contributed by atoms with Crippen LogP contribution in [-0.2, 0) is 11.3 Å². The van der Waals surface area contributed by atoms with E-state index >= 15 is 0 Å². The number of amides is 1. The van der Waals surface area contributed by atoms with Crippen LogP contribution < -0.4 is 11.3 Å². The van der Waals surface area contributed by atoms with Crippen molar-refractivity contribution in [2.24, 2.45) is 5.84 Å². The minimum Gasteiger partial charge on any atom is -0.380 e. The van der Waals surface area contributed by atoms with E-state index in [1.165, 1.54) is 0 Å². The number of carbonyl (C=O) groups is 1. The third kappa shape index (κ3) is 4.83. The second-order valence-corrected chi connectivity index (χ2v) is 4.11. The molecule has 0 fully saturated rings. The lowest BCUT2D eigenvalue weighted by molar-refractivity contribution is 0.0953. The van der Waals surface area contributed by atoms with Gasteiger partial charge in [0.2, 0.25) is 0 Å². The second-order valence-electron chi connectivity index (χ2n) is 4.11. The third-order valence-electron chi connectivity index (χ3n) is 2.62. The van der Waals surface area contributed by atoms with Crippen molar-refractivity contribution in [2.75, 3.05) is 26.8 Å². The Labute approximate surface area is 108 Å². The fourth-order valence-electron chi connectivity index (χ4n) is 1.60. The minimum absolute atomic E-state index is 0.272. The van der Waals surface area contributed by atoms with E-state index in [2.05, 4.69) is 10.3 Å². The molecule has 1 rings (SSSR count). The first-order valence-corrected chi connectivity index (χ1v) is 6.03. The fraction of sp³-hybridized carbons (Fsp3) is 0.462. The van der Waals surface area contributed by atoms with Crippen LogP contribution in [0, 0.1) is 0 Å². The molecule has 0 saturated heterocycles. The van der Waals surface area contributed by atoms with Crippen LogP contribution in [0.3, 0.4) is 0 Å². The van der Waals surface area contributed by atoms with Crippen molar-refractivity contribution in [1.29, 1.82) is 0 Å². The van der Waals surface area contributed by atoms with E-state index < -0.39 is 0 Å². The van der Waals surface area contributed by atoms with E-state index in [1.807, 2.05) is 26.1 Å². The number of nitrogen functional groups attached to an aromatic ring is 1. The van der Waals surface area contributed by atoms with Crippen molar-refractivity contribution < 1.29 is 9.53 Å². The van der Waals surface area contributed by atoms with Crippen molar-refractivity contribution in [2.45, 2.75) is 13.5 Å². The SMILES string of the molecule is CCOCCN(C)Cc1ccc(C(=O)NN)cc1. The average Bonchev–Trinajstić information content (AvgIpc) is 2.39. The van der Waals surface area contributed by atoms with E-state index in [-0.39, 0.29) is 5.91 Å². The summed E-state index contributed by atoms with van der Waals surface area (Å²) < 4.78 is 5.30. The predicted molar refractivity (Wildman–Crippen MR) is 70.9 cm³/mol. The Morgan fingerprint density at radius 3 is 2.61 bits per heavy atom. The highest BCUT2D eigenvalue weighted by Crippen LogP contribution is 2.06. The monoisotopic (exact) mass is 251 g/mol. The van der Waals surface area contributed by atoms with E-state index in [9.17, 15) is 4.79 Å². The molecule has 0 saturated carbocycles. The molecule has 1 amide bonds. The highest BCUT2D eigenvalue weighted by molar-refractivity contribution is 5.93. The summed E-state index contributed by atoms with van der Waals surface area (Å²) in [5.74, 6) is 4.80. The maximum absolute atomic E-state index is 11.3. The molecule has 0 radical (unpaired) electrons. The van der Waals surface area contributed by atoms with Crippen LogP contribution >= 0.6 is 0 Å². The summed E-state index contributed by atoms with van der Waals surface area (Å²) >= 11 is 0. The first-order chi connectivity index (χ1) is 8.67. The molecule has 0 aromatic heterocycles. The first-order valence-electron chi connectivity index (χ1n) is 6.03. The highest BCUT2D eigenvalue weighted by atomic mass is 16.5. The topological polar surface area (TPSA) is 67.6 Å². The lowest BCUT2D eigenvalue weighted by atomic mass is 10.1. The molecule has 18 heavy (non-hydrogen) atoms. The lowest BCUT2D eigenvalue weighted by Gasteiger charge is -2.16. The molecule has 0 atom stereocenters. The van der Waals surface area contributed by atoms with E-state index in [1.54, 1.807) is 12.1 Å². The maximum atomic E-state index is 11.3. The third-order valence-corrected chi connectivity index (χ3v) is 2.62. The number of hydrogen-bond acceptors (Lipinski definition) is 4.